The molecule has 11 rings (SSSR count). The molecule has 3 heteroatoms. The average molecular weight is 792 g/mol. The molecule has 0 bridgehead atoms. The summed E-state index contributed by atoms with van der Waals surface area (Å²) in [6.07, 6.45) is 0. The van der Waals surface area contributed by atoms with Crippen molar-refractivity contribution in [2.45, 2.75) is 0 Å². The van der Waals surface area contributed by atoms with Gasteiger partial charge < -0.3 is 4.90 Å². The smallest absolute Gasteiger partial charge is 0.101 e. The minimum absolute atomic E-state index is 0.948. The predicted molar refractivity (Wildman–Crippen MR) is 260 cm³/mol. The Labute approximate surface area is 362 Å². The van der Waals surface area contributed by atoms with Gasteiger partial charge in [0.2, 0.25) is 0 Å². The summed E-state index contributed by atoms with van der Waals surface area (Å²) < 4.78 is 2.18. The first kappa shape index (κ1) is 36.8. The van der Waals surface area contributed by atoms with Crippen LogP contribution < -0.4 is 4.90 Å². The number of hydrogen-bond donors (Lipinski definition) is 0. The summed E-state index contributed by atoms with van der Waals surface area (Å²) in [4.78, 5) is 2.41. The van der Waals surface area contributed by atoms with Crippen LogP contribution in [0.2, 0.25) is 0 Å². The van der Waals surface area contributed by atoms with E-state index in [1.54, 1.807) is 0 Å². The van der Waals surface area contributed by atoms with Crippen LogP contribution in [0.15, 0.2) is 249 Å². The summed E-state index contributed by atoms with van der Waals surface area (Å²) in [5.74, 6) is 0. The molecule has 0 N–H and O–H groups in total. The fourth-order valence-corrected chi connectivity index (χ4v) is 8.77. The second-order valence-corrected chi connectivity index (χ2v) is 15.6. The zero-order valence-electron chi connectivity index (χ0n) is 34.0. The lowest BCUT2D eigenvalue weighted by Gasteiger charge is -2.27. The lowest BCUT2D eigenvalue weighted by Crippen LogP contribution is -2.10. The maximum Gasteiger partial charge on any atom is 0.101 e. The molecule has 0 saturated carbocycles. The quantitative estimate of drug-likeness (QED) is 0.145. The van der Waals surface area contributed by atoms with Gasteiger partial charge in [0, 0.05) is 39.1 Å². The highest BCUT2D eigenvalue weighted by atomic mass is 15.2. The zero-order chi connectivity index (χ0) is 41.2. The molecule has 0 aliphatic carbocycles. The third-order valence-corrected chi connectivity index (χ3v) is 11.8. The van der Waals surface area contributed by atoms with Gasteiger partial charge in [-0.25, -0.2) is 4.52 Å². The van der Waals surface area contributed by atoms with Gasteiger partial charge in [-0.15, -0.1) is 0 Å². The predicted octanol–water partition coefficient (Wildman–Crippen LogP) is 16.0. The number of benzene rings is 9. The van der Waals surface area contributed by atoms with Gasteiger partial charge in [-0.2, -0.15) is 5.10 Å². The minimum Gasteiger partial charge on any atom is -0.310 e. The second kappa shape index (κ2) is 16.1. The molecule has 2 heterocycles. The SMILES string of the molecule is c1ccc(-c2ccc(N(c3cc(-c4ccccc4)cc(-c4ccccc4)c3)c3ccc4cc(-c5ccccc5)n5nc(-c6ccccc6)c(-c6ccccc6)c5c4c3)cc2)cc1. The van der Waals surface area contributed by atoms with Gasteiger partial charge in [-0.3, -0.25) is 0 Å². The molecule has 0 atom stereocenters. The van der Waals surface area contributed by atoms with E-state index in [0.29, 0.717) is 0 Å². The number of nitrogens with zero attached hydrogens (tertiary/aromatic N) is 3. The van der Waals surface area contributed by atoms with Crippen molar-refractivity contribution in [3.63, 3.8) is 0 Å². The molecule has 0 aliphatic heterocycles. The molecule has 0 saturated heterocycles. The molecule has 292 valence electrons. The third-order valence-electron chi connectivity index (χ3n) is 11.8. The summed E-state index contributed by atoms with van der Waals surface area (Å²) in [5.41, 5.74) is 17.6. The average Bonchev–Trinajstić information content (AvgIpc) is 3.77. The molecule has 0 unspecified atom stereocenters. The zero-order valence-corrected chi connectivity index (χ0v) is 34.0. The van der Waals surface area contributed by atoms with Crippen molar-refractivity contribution in [3.8, 4) is 67.0 Å². The van der Waals surface area contributed by atoms with Crippen molar-refractivity contribution >= 4 is 33.4 Å². The first-order valence-electron chi connectivity index (χ1n) is 21.1. The molecule has 0 radical (unpaired) electrons. The fourth-order valence-electron chi connectivity index (χ4n) is 8.77. The molecular formula is C59H41N3. The third kappa shape index (κ3) is 6.92. The molecular weight excluding hydrogens is 751 g/mol. The van der Waals surface area contributed by atoms with Gasteiger partial charge in [0.25, 0.3) is 0 Å². The van der Waals surface area contributed by atoms with Crippen molar-refractivity contribution in [1.82, 2.24) is 9.61 Å². The van der Waals surface area contributed by atoms with E-state index < -0.39 is 0 Å². The number of hydrogen-bond acceptors (Lipinski definition) is 2. The molecule has 62 heavy (non-hydrogen) atoms. The highest BCUT2D eigenvalue weighted by Crippen LogP contribution is 2.45. The Kier molecular flexibility index (Phi) is 9.53. The molecule has 3 nitrogen and oxygen atoms in total. The monoisotopic (exact) mass is 791 g/mol. The molecule has 0 spiro atoms. The van der Waals surface area contributed by atoms with Crippen LogP contribution in [-0.4, -0.2) is 9.61 Å². The highest BCUT2D eigenvalue weighted by Gasteiger charge is 2.23. The topological polar surface area (TPSA) is 20.5 Å². The summed E-state index contributed by atoms with van der Waals surface area (Å²) in [5, 5.41) is 7.76. The van der Waals surface area contributed by atoms with Crippen molar-refractivity contribution in [3.05, 3.63) is 249 Å². The van der Waals surface area contributed by atoms with Gasteiger partial charge in [0.15, 0.2) is 0 Å². The lowest BCUT2D eigenvalue weighted by molar-refractivity contribution is 0.979. The van der Waals surface area contributed by atoms with E-state index in [2.05, 4.69) is 258 Å². The molecule has 2 aromatic heterocycles. The lowest BCUT2D eigenvalue weighted by atomic mass is 9.96. The number of rotatable bonds is 9. The first-order chi connectivity index (χ1) is 30.7. The van der Waals surface area contributed by atoms with Gasteiger partial charge in [0.1, 0.15) is 5.69 Å². The van der Waals surface area contributed by atoms with E-state index in [9.17, 15) is 0 Å². The Hall–Kier alpha value is -8.27. The van der Waals surface area contributed by atoms with Gasteiger partial charge in [0.05, 0.1) is 11.2 Å². The Balaban J connectivity index is 1.20. The number of pyridine rings is 1. The molecule has 0 aliphatic rings. The standard InChI is InChI=1S/C59H41N3/c1-7-19-42(20-8-1)45-31-34-52(35-32-45)61(54-38-50(43-21-9-2-10-22-43)37-51(39-54)44-23-11-3-12-24-44)53-36-33-49-40-56(46-25-13-4-14-26-46)62-59(55(49)41-53)57(47-27-15-5-16-28-47)58(60-62)48-29-17-6-18-30-48/h1-41H. The van der Waals surface area contributed by atoms with Crippen LogP contribution in [0.4, 0.5) is 17.1 Å². The van der Waals surface area contributed by atoms with E-state index in [0.717, 1.165) is 78.1 Å². The Bertz CT molecular complexity index is 3230. The normalized spacial score (nSPS) is 11.2. The van der Waals surface area contributed by atoms with E-state index in [1.165, 1.54) is 22.3 Å². The van der Waals surface area contributed by atoms with Crippen molar-refractivity contribution < 1.29 is 0 Å². The van der Waals surface area contributed by atoms with Crippen LogP contribution >= 0.6 is 0 Å². The second-order valence-electron chi connectivity index (χ2n) is 15.6. The van der Waals surface area contributed by atoms with E-state index >= 15 is 0 Å². The van der Waals surface area contributed by atoms with Crippen molar-refractivity contribution in [2.75, 3.05) is 4.90 Å². The van der Waals surface area contributed by atoms with Crippen LogP contribution in [-0.2, 0) is 0 Å². The molecule has 11 aromatic rings. The van der Waals surface area contributed by atoms with Crippen LogP contribution in [0.25, 0.3) is 83.3 Å². The van der Waals surface area contributed by atoms with Gasteiger partial charge >= 0.3 is 0 Å². The number of aromatic nitrogens is 2. The maximum atomic E-state index is 5.51. The highest BCUT2D eigenvalue weighted by molar-refractivity contribution is 6.10. The Morgan fingerprint density at radius 1 is 0.306 bits per heavy atom. The fraction of sp³-hybridized carbons (Fsp3) is 0. The van der Waals surface area contributed by atoms with Crippen LogP contribution in [0, 0.1) is 0 Å². The van der Waals surface area contributed by atoms with E-state index in [1.807, 2.05) is 0 Å². The number of anilines is 3. The number of fused-ring (bicyclic) bond motifs is 3. The van der Waals surface area contributed by atoms with Crippen LogP contribution in [0.1, 0.15) is 0 Å². The van der Waals surface area contributed by atoms with Gasteiger partial charge in [-0.1, -0.05) is 200 Å². The van der Waals surface area contributed by atoms with Crippen molar-refractivity contribution in [1.29, 1.82) is 0 Å². The van der Waals surface area contributed by atoms with Crippen molar-refractivity contribution in [2.24, 2.45) is 0 Å². The van der Waals surface area contributed by atoms with E-state index in [-0.39, 0.29) is 0 Å². The van der Waals surface area contributed by atoms with Gasteiger partial charge in [-0.05, 0) is 92.9 Å². The Morgan fingerprint density at radius 2 is 0.742 bits per heavy atom. The molecule has 0 fully saturated rings. The summed E-state index contributed by atoms with van der Waals surface area (Å²) in [6.45, 7) is 0. The minimum atomic E-state index is 0.948. The Morgan fingerprint density at radius 3 is 1.27 bits per heavy atom. The van der Waals surface area contributed by atoms with Crippen LogP contribution in [0.3, 0.4) is 0 Å². The molecule has 9 aromatic carbocycles. The van der Waals surface area contributed by atoms with E-state index in [4.69, 9.17) is 5.10 Å². The maximum absolute atomic E-state index is 5.51. The molecule has 0 amide bonds. The summed E-state index contributed by atoms with van der Waals surface area (Å²) in [7, 11) is 0. The summed E-state index contributed by atoms with van der Waals surface area (Å²) in [6, 6.07) is 89.0. The van der Waals surface area contributed by atoms with Crippen LogP contribution in [0.5, 0.6) is 0 Å². The first-order valence-corrected chi connectivity index (χ1v) is 21.1. The summed E-state index contributed by atoms with van der Waals surface area (Å²) >= 11 is 0. The largest absolute Gasteiger partial charge is 0.310 e.